The van der Waals surface area contributed by atoms with Gasteiger partial charge in [-0.05, 0) is 66.0 Å². The molecule has 0 bridgehead atoms. The number of aryl methyl sites for hydroxylation is 1. The third kappa shape index (κ3) is 6.42. The number of aromatic nitrogens is 3. The first-order valence-electron chi connectivity index (χ1n) is 21.4. The molecular formula is C44H55F3N6O2Si. The molecule has 0 amide bonds. The van der Waals surface area contributed by atoms with Gasteiger partial charge in [0.1, 0.15) is 38.6 Å². The molecule has 8 rings (SSSR count). The smallest absolute Gasteiger partial charge is 0.319 e. The molecule has 8 nitrogen and oxygen atoms in total. The van der Waals surface area contributed by atoms with Gasteiger partial charge in [-0.25, -0.2) is 13.2 Å². The Morgan fingerprint density at radius 3 is 2.61 bits per heavy atom. The van der Waals surface area contributed by atoms with Crippen molar-refractivity contribution in [2.45, 2.75) is 115 Å². The first-order valence-corrected chi connectivity index (χ1v) is 22.6. The largest absolute Gasteiger partial charge is 0.461 e. The van der Waals surface area contributed by atoms with Gasteiger partial charge in [0.15, 0.2) is 0 Å². The number of pyridine rings is 1. The molecule has 298 valence electrons. The Bertz CT molecular complexity index is 2300. The van der Waals surface area contributed by atoms with Crippen LogP contribution in [-0.2, 0) is 11.2 Å². The summed E-state index contributed by atoms with van der Waals surface area (Å²) in [6.07, 6.45) is 0.938. The predicted molar refractivity (Wildman–Crippen MR) is 221 cm³/mol. The van der Waals surface area contributed by atoms with Crippen LogP contribution in [0.25, 0.3) is 32.9 Å². The van der Waals surface area contributed by atoms with E-state index < -0.39 is 44.4 Å². The van der Waals surface area contributed by atoms with E-state index in [9.17, 15) is 7.13 Å². The molecule has 3 aliphatic heterocycles. The molecule has 3 saturated heterocycles. The highest BCUT2D eigenvalue weighted by Crippen LogP contribution is 2.47. The maximum Gasteiger partial charge on any atom is 0.319 e. The van der Waals surface area contributed by atoms with E-state index >= 15 is 8.78 Å². The van der Waals surface area contributed by atoms with Gasteiger partial charge >= 0.3 is 6.01 Å². The third-order valence-corrected chi connectivity index (χ3v) is 19.4. The van der Waals surface area contributed by atoms with Crippen LogP contribution in [0.5, 0.6) is 6.01 Å². The van der Waals surface area contributed by atoms with E-state index in [-0.39, 0.29) is 30.5 Å². The predicted octanol–water partition coefficient (Wildman–Crippen LogP) is 8.83. The minimum Gasteiger partial charge on any atom is -0.461 e. The zero-order chi connectivity index (χ0) is 41.5. The van der Waals surface area contributed by atoms with Gasteiger partial charge in [0.05, 0.1) is 49.7 Å². The van der Waals surface area contributed by atoms with Crippen LogP contribution in [0.2, 0.25) is 16.6 Å². The van der Waals surface area contributed by atoms with Crippen molar-refractivity contribution in [2.24, 2.45) is 5.92 Å². The zero-order valence-electron chi connectivity index (χ0n) is 35.6. The number of halogens is 3. The average Bonchev–Trinajstić information content (AvgIpc) is 3.52. The Labute approximate surface area is 332 Å². The standard InChI is InChI=1S/C44H55F3N6O2Si/c1-8-31-39(33-19-30(48)18-28-10-11-36(46)32(37(28)33)12-17-56(25(2)3,26(4)5)27(6)7)49-21-34-40(31)50-43(55-24-44-13-9-14-52(44)22-29(45)20-44)51-42(34)53-15-16-54-23-35-38(47)41(35)53/h10-11,18-19,21,25-27,29,35,38,41H,8-9,13-16,20,22-24,48H2,1-7H3/t29-,35+,38+,41+,44+/m1/s1/i24D2. The lowest BCUT2D eigenvalue weighted by molar-refractivity contribution is 0.107. The number of hydrogen-bond acceptors (Lipinski definition) is 8. The van der Waals surface area contributed by atoms with Crippen molar-refractivity contribution in [3.8, 4) is 28.7 Å². The maximum absolute atomic E-state index is 16.3. The zero-order valence-corrected chi connectivity index (χ0v) is 34.6. The molecule has 0 unspecified atom stereocenters. The van der Waals surface area contributed by atoms with Crippen LogP contribution in [0.3, 0.4) is 0 Å². The van der Waals surface area contributed by atoms with Crippen LogP contribution >= 0.6 is 0 Å². The van der Waals surface area contributed by atoms with Gasteiger partial charge in [-0.15, -0.1) is 5.54 Å². The van der Waals surface area contributed by atoms with Crippen molar-refractivity contribution in [1.82, 2.24) is 19.9 Å². The van der Waals surface area contributed by atoms with Gasteiger partial charge in [0.2, 0.25) is 0 Å². The van der Waals surface area contributed by atoms with Crippen LogP contribution in [0.1, 0.15) is 81.6 Å². The molecule has 5 atom stereocenters. The molecule has 1 aliphatic carbocycles. The van der Waals surface area contributed by atoms with Crippen LogP contribution in [0, 0.1) is 23.2 Å². The molecule has 4 aromatic rings. The Morgan fingerprint density at radius 2 is 1.88 bits per heavy atom. The molecule has 5 heterocycles. The number of nitrogens with zero attached hydrogens (tertiary/aromatic N) is 5. The highest BCUT2D eigenvalue weighted by Gasteiger charge is 2.56. The second kappa shape index (κ2) is 14.8. The number of nitrogens with two attached hydrogens (primary N) is 1. The summed E-state index contributed by atoms with van der Waals surface area (Å²) in [5.41, 5.74) is 13.1. The quantitative estimate of drug-likeness (QED) is 0.102. The second-order valence-corrected chi connectivity index (χ2v) is 22.8. The summed E-state index contributed by atoms with van der Waals surface area (Å²) < 4.78 is 77.1. The minimum atomic E-state index is -2.35. The number of hydrogen-bond donors (Lipinski definition) is 1. The second-order valence-electron chi connectivity index (χ2n) is 17.2. The van der Waals surface area contributed by atoms with E-state index in [1.807, 2.05) is 22.8 Å². The van der Waals surface area contributed by atoms with Crippen LogP contribution in [0.15, 0.2) is 30.5 Å². The summed E-state index contributed by atoms with van der Waals surface area (Å²) in [6, 6.07) is 6.06. The molecule has 12 heteroatoms. The van der Waals surface area contributed by atoms with Crippen LogP contribution in [-0.4, -0.2) is 91.3 Å². The van der Waals surface area contributed by atoms with E-state index in [4.69, 9.17) is 30.2 Å². The lowest BCUT2D eigenvalue weighted by Gasteiger charge is -2.38. The fourth-order valence-corrected chi connectivity index (χ4v) is 15.6. The Kier molecular flexibility index (Phi) is 9.62. The Balaban J connectivity index is 1.35. The molecule has 4 fully saturated rings. The van der Waals surface area contributed by atoms with E-state index in [1.54, 1.807) is 18.3 Å². The van der Waals surface area contributed by atoms with Crippen molar-refractivity contribution in [3.05, 3.63) is 47.4 Å². The van der Waals surface area contributed by atoms with Crippen molar-refractivity contribution in [1.29, 1.82) is 0 Å². The summed E-state index contributed by atoms with van der Waals surface area (Å²) in [4.78, 5) is 18.5. The number of ether oxygens (including phenoxy) is 2. The molecule has 0 spiro atoms. The Morgan fingerprint density at radius 1 is 1.11 bits per heavy atom. The first-order chi connectivity index (χ1) is 27.5. The first kappa shape index (κ1) is 36.4. The van der Waals surface area contributed by atoms with Crippen molar-refractivity contribution in [3.63, 3.8) is 0 Å². The molecule has 2 N–H and O–H groups in total. The summed E-state index contributed by atoms with van der Waals surface area (Å²) >= 11 is 0. The number of anilines is 2. The highest BCUT2D eigenvalue weighted by atomic mass is 28.3. The molecule has 2 aromatic heterocycles. The van der Waals surface area contributed by atoms with E-state index in [1.165, 1.54) is 6.07 Å². The van der Waals surface area contributed by atoms with Gasteiger partial charge < -0.3 is 20.1 Å². The van der Waals surface area contributed by atoms with Gasteiger partial charge in [-0.2, -0.15) is 9.97 Å². The highest BCUT2D eigenvalue weighted by molar-refractivity contribution is 6.90. The SMILES string of the molecule is [2H]C([2H])(Oc1nc(N2CCOC[C@H]3[C@H](F)[C@H]32)c2cnc(-c3cc(N)cc4ccc(F)c(C#C[Si](C(C)C)(C(C)C)C(C)C)c34)c(CC)c2n1)[C@@]12CCCN1C[C@H](F)C2. The third-order valence-electron chi connectivity index (χ3n) is 13.2. The van der Waals surface area contributed by atoms with Gasteiger partial charge in [0.25, 0.3) is 0 Å². The monoisotopic (exact) mass is 786 g/mol. The lowest BCUT2D eigenvalue weighted by Crippen LogP contribution is -2.43. The van der Waals surface area contributed by atoms with Crippen molar-refractivity contribution < 1.29 is 25.4 Å². The molecule has 0 radical (unpaired) electrons. The fraction of sp³-hybridized carbons (Fsp3) is 0.568. The molecular weight excluding hydrogens is 730 g/mol. The van der Waals surface area contributed by atoms with E-state index in [2.05, 4.69) is 53.0 Å². The maximum atomic E-state index is 16.3. The topological polar surface area (TPSA) is 89.6 Å². The summed E-state index contributed by atoms with van der Waals surface area (Å²) in [5, 5.41) is 1.86. The van der Waals surface area contributed by atoms with Crippen molar-refractivity contribution in [2.75, 3.05) is 50.0 Å². The molecule has 2 aromatic carbocycles. The van der Waals surface area contributed by atoms with Crippen LogP contribution in [0.4, 0.5) is 24.7 Å². The fourth-order valence-electron chi connectivity index (χ4n) is 10.4. The van der Waals surface area contributed by atoms with Crippen LogP contribution < -0.4 is 15.4 Å². The molecule has 1 saturated carbocycles. The average molecular weight is 787 g/mol. The van der Waals surface area contributed by atoms with Gasteiger partial charge in [0, 0.05) is 53.8 Å². The van der Waals surface area contributed by atoms with Gasteiger partial charge in [-0.1, -0.05) is 60.5 Å². The number of rotatable bonds is 9. The summed E-state index contributed by atoms with van der Waals surface area (Å²) in [7, 11) is -2.26. The lowest BCUT2D eigenvalue weighted by atomic mass is 9.93. The van der Waals surface area contributed by atoms with Gasteiger partial charge in [-0.3, -0.25) is 9.88 Å². The summed E-state index contributed by atoms with van der Waals surface area (Å²) in [5.74, 6) is 3.00. The number of fused-ring (bicyclic) bond motifs is 4. The molecule has 56 heavy (non-hydrogen) atoms. The number of alkyl halides is 2. The van der Waals surface area contributed by atoms with E-state index in [0.717, 1.165) is 11.8 Å². The van der Waals surface area contributed by atoms with E-state index in [0.29, 0.717) is 100 Å². The van der Waals surface area contributed by atoms with Crippen molar-refractivity contribution >= 4 is 41.3 Å². The molecule has 4 aliphatic rings. The number of benzene rings is 2. The summed E-state index contributed by atoms with van der Waals surface area (Å²) in [6.45, 7) is 14.7. The number of nitrogen functional groups attached to an aromatic ring is 1. The normalized spacial score (nSPS) is 26.0. The Hall–Kier alpha value is -3.92. The minimum absolute atomic E-state index is 0.00483.